The molecule has 0 aliphatic heterocycles. The van der Waals surface area contributed by atoms with Crippen LogP contribution in [0.3, 0.4) is 0 Å². The molecule has 168 valence electrons. The first-order valence-corrected chi connectivity index (χ1v) is 11.5. The number of hydrogen-bond donors (Lipinski definition) is 2. The average molecular weight is 448 g/mol. The van der Waals surface area contributed by atoms with Crippen molar-refractivity contribution < 1.29 is 18.7 Å². The number of thiazole rings is 1. The van der Waals surface area contributed by atoms with Crippen molar-refractivity contribution in [2.24, 2.45) is 5.41 Å². The van der Waals surface area contributed by atoms with Gasteiger partial charge in [-0.05, 0) is 43.2 Å². The van der Waals surface area contributed by atoms with Gasteiger partial charge in [0.05, 0.1) is 0 Å². The van der Waals surface area contributed by atoms with Crippen LogP contribution in [0.5, 0.6) is 5.75 Å². The van der Waals surface area contributed by atoms with Crippen LogP contribution in [-0.4, -0.2) is 28.9 Å². The van der Waals surface area contributed by atoms with Crippen LogP contribution in [0.2, 0.25) is 0 Å². The molecule has 1 aromatic heterocycles. The maximum atomic E-state index is 13.6. The lowest BCUT2D eigenvalue weighted by atomic mass is 9.89. The van der Waals surface area contributed by atoms with Crippen molar-refractivity contribution in [2.75, 3.05) is 0 Å². The highest BCUT2D eigenvalue weighted by atomic mass is 32.1. The highest BCUT2D eigenvalue weighted by Crippen LogP contribution is 2.22. The smallest absolute Gasteiger partial charge is 0.270 e. The van der Waals surface area contributed by atoms with E-state index in [2.05, 4.69) is 36.4 Å². The third kappa shape index (κ3) is 7.31. The van der Waals surface area contributed by atoms with Crippen LogP contribution in [0.15, 0.2) is 29.6 Å². The Morgan fingerprint density at radius 1 is 1.13 bits per heavy atom. The molecule has 0 bridgehead atoms. The van der Waals surface area contributed by atoms with Gasteiger partial charge in [0.15, 0.2) is 11.6 Å². The second kappa shape index (κ2) is 10.2. The molecule has 0 saturated heterocycles. The van der Waals surface area contributed by atoms with Crippen molar-refractivity contribution in [3.05, 3.63) is 46.2 Å². The quantitative estimate of drug-likeness (QED) is 0.657. The number of hydrogen-bond acceptors (Lipinski definition) is 5. The third-order valence-electron chi connectivity index (χ3n) is 5.09. The monoisotopic (exact) mass is 447 g/mol. The number of rotatable bonds is 7. The van der Waals surface area contributed by atoms with Gasteiger partial charge in [0.1, 0.15) is 17.3 Å². The Labute approximate surface area is 186 Å². The summed E-state index contributed by atoms with van der Waals surface area (Å²) in [6.07, 6.45) is 3.84. The fourth-order valence-corrected chi connectivity index (χ4v) is 4.27. The minimum Gasteiger partial charge on any atom is -0.483 e. The number of amides is 2. The molecule has 1 aliphatic carbocycles. The predicted molar refractivity (Wildman–Crippen MR) is 119 cm³/mol. The topological polar surface area (TPSA) is 80.3 Å². The van der Waals surface area contributed by atoms with E-state index in [0.717, 1.165) is 25.7 Å². The highest BCUT2D eigenvalue weighted by Gasteiger charge is 2.25. The number of nitrogens with one attached hydrogen (secondary N) is 2. The van der Waals surface area contributed by atoms with Crippen LogP contribution < -0.4 is 15.4 Å². The number of para-hydroxylation sites is 1. The van der Waals surface area contributed by atoms with Crippen molar-refractivity contribution >= 4 is 23.2 Å². The van der Waals surface area contributed by atoms with Crippen LogP contribution in [0.4, 0.5) is 4.39 Å². The SMILES string of the molecule is CC(C)(C)CC(=O)NC1CCC(NC(=O)c2csc(COc3ccccc3F)n2)CC1. The van der Waals surface area contributed by atoms with Crippen molar-refractivity contribution in [1.82, 2.24) is 15.6 Å². The maximum absolute atomic E-state index is 13.6. The van der Waals surface area contributed by atoms with Gasteiger partial charge < -0.3 is 15.4 Å². The Kier molecular flexibility index (Phi) is 7.64. The van der Waals surface area contributed by atoms with E-state index >= 15 is 0 Å². The van der Waals surface area contributed by atoms with Crippen molar-refractivity contribution in [3.8, 4) is 5.75 Å². The summed E-state index contributed by atoms with van der Waals surface area (Å²) >= 11 is 1.31. The maximum Gasteiger partial charge on any atom is 0.270 e. The third-order valence-corrected chi connectivity index (χ3v) is 5.91. The van der Waals surface area contributed by atoms with Gasteiger partial charge in [-0.25, -0.2) is 9.37 Å². The molecule has 1 fully saturated rings. The first-order chi connectivity index (χ1) is 14.7. The molecule has 1 saturated carbocycles. The zero-order valence-electron chi connectivity index (χ0n) is 18.2. The van der Waals surface area contributed by atoms with E-state index in [4.69, 9.17) is 4.74 Å². The average Bonchev–Trinajstić information content (AvgIpc) is 3.17. The van der Waals surface area contributed by atoms with Gasteiger partial charge in [-0.3, -0.25) is 9.59 Å². The molecule has 2 aromatic rings. The second-order valence-electron chi connectivity index (χ2n) is 9.17. The number of carbonyl (C=O) groups is 2. The van der Waals surface area contributed by atoms with E-state index in [0.29, 0.717) is 17.1 Å². The number of carbonyl (C=O) groups excluding carboxylic acids is 2. The standard InChI is InChI=1S/C23H30FN3O3S/c1-23(2,3)12-20(28)25-15-8-10-16(11-9-15)26-22(29)18-14-31-21(27-18)13-30-19-7-5-4-6-17(19)24/h4-7,14-16H,8-13H2,1-3H3,(H,25,28)(H,26,29). The molecule has 31 heavy (non-hydrogen) atoms. The number of halogens is 1. The molecule has 1 aromatic carbocycles. The second-order valence-corrected chi connectivity index (χ2v) is 10.1. The van der Waals surface area contributed by atoms with Crippen LogP contribution in [0.25, 0.3) is 0 Å². The number of aromatic nitrogens is 1. The number of ether oxygens (including phenoxy) is 1. The minimum atomic E-state index is -0.428. The number of nitrogens with zero attached hydrogens (tertiary/aromatic N) is 1. The molecule has 6 nitrogen and oxygen atoms in total. The van der Waals surface area contributed by atoms with Gasteiger partial charge in [0.2, 0.25) is 5.91 Å². The van der Waals surface area contributed by atoms with Crippen LogP contribution >= 0.6 is 11.3 Å². The van der Waals surface area contributed by atoms with E-state index in [1.807, 2.05) is 0 Å². The summed E-state index contributed by atoms with van der Waals surface area (Å²) in [5.41, 5.74) is 0.319. The Bertz CT molecular complexity index is 901. The van der Waals surface area contributed by atoms with Crippen molar-refractivity contribution in [2.45, 2.75) is 71.6 Å². The minimum absolute atomic E-state index is 0.0258. The lowest BCUT2D eigenvalue weighted by Gasteiger charge is -2.30. The summed E-state index contributed by atoms with van der Waals surface area (Å²) in [6, 6.07) is 6.43. The Morgan fingerprint density at radius 3 is 2.42 bits per heavy atom. The summed E-state index contributed by atoms with van der Waals surface area (Å²) in [4.78, 5) is 29.0. The summed E-state index contributed by atoms with van der Waals surface area (Å²) < 4.78 is 19.1. The molecule has 2 amide bonds. The van der Waals surface area contributed by atoms with Gasteiger partial charge in [-0.15, -0.1) is 11.3 Å². The van der Waals surface area contributed by atoms with E-state index in [9.17, 15) is 14.0 Å². The molecule has 2 N–H and O–H groups in total. The molecule has 0 atom stereocenters. The van der Waals surface area contributed by atoms with Gasteiger partial charge in [0.25, 0.3) is 5.91 Å². The van der Waals surface area contributed by atoms with E-state index in [-0.39, 0.29) is 41.7 Å². The zero-order chi connectivity index (χ0) is 22.4. The molecule has 0 unspecified atom stereocenters. The lowest BCUT2D eigenvalue weighted by Crippen LogP contribution is -2.44. The van der Waals surface area contributed by atoms with Crippen molar-refractivity contribution in [3.63, 3.8) is 0 Å². The van der Waals surface area contributed by atoms with Gasteiger partial charge in [0, 0.05) is 23.9 Å². The largest absolute Gasteiger partial charge is 0.483 e. The molecular weight excluding hydrogens is 417 g/mol. The fraction of sp³-hybridized carbons (Fsp3) is 0.522. The fourth-order valence-electron chi connectivity index (χ4n) is 3.58. The first kappa shape index (κ1) is 23.2. The zero-order valence-corrected chi connectivity index (χ0v) is 19.1. The van der Waals surface area contributed by atoms with Crippen LogP contribution in [0.1, 0.15) is 68.4 Å². The molecule has 3 rings (SSSR count). The Morgan fingerprint density at radius 2 is 1.77 bits per heavy atom. The van der Waals surface area contributed by atoms with Crippen LogP contribution in [0, 0.1) is 11.2 Å². The molecule has 0 radical (unpaired) electrons. The van der Waals surface area contributed by atoms with Gasteiger partial charge in [-0.2, -0.15) is 0 Å². The molecule has 0 spiro atoms. The summed E-state index contributed by atoms with van der Waals surface area (Å²) in [5.74, 6) is -0.390. The van der Waals surface area contributed by atoms with E-state index < -0.39 is 5.82 Å². The van der Waals surface area contributed by atoms with E-state index in [1.54, 1.807) is 23.6 Å². The summed E-state index contributed by atoms with van der Waals surface area (Å²) in [6.45, 7) is 6.26. The van der Waals surface area contributed by atoms with Crippen molar-refractivity contribution in [1.29, 1.82) is 0 Å². The van der Waals surface area contributed by atoms with Gasteiger partial charge >= 0.3 is 0 Å². The summed E-state index contributed by atoms with van der Waals surface area (Å²) in [5, 5.41) is 8.45. The Hall–Kier alpha value is -2.48. The predicted octanol–water partition coefficient (Wildman–Crippen LogP) is 4.45. The molecule has 1 heterocycles. The number of benzene rings is 1. The normalized spacial score (nSPS) is 19.0. The van der Waals surface area contributed by atoms with Crippen LogP contribution in [-0.2, 0) is 11.4 Å². The Balaban J connectivity index is 1.42. The highest BCUT2D eigenvalue weighted by molar-refractivity contribution is 7.09. The molecular formula is C23H30FN3O3S. The van der Waals surface area contributed by atoms with E-state index in [1.165, 1.54) is 17.4 Å². The molecule has 1 aliphatic rings. The first-order valence-electron chi connectivity index (χ1n) is 10.6. The molecule has 8 heteroatoms. The summed E-state index contributed by atoms with van der Waals surface area (Å²) in [7, 11) is 0. The lowest BCUT2D eigenvalue weighted by molar-refractivity contribution is -0.123. The van der Waals surface area contributed by atoms with Gasteiger partial charge in [-0.1, -0.05) is 32.9 Å².